The van der Waals surface area contributed by atoms with Crippen molar-refractivity contribution in [3.05, 3.63) is 131 Å². The summed E-state index contributed by atoms with van der Waals surface area (Å²) in [6.45, 7) is 5.42. The lowest BCUT2D eigenvalue weighted by atomic mass is 10.0. The SMILES string of the molecule is CC[C@H](C)NC(=O)[C@H](Cc1ccccc1)N(Cc1cccc(C)c1)C(=O)CN(c1cccc(Cl)c1)S(=O)(=O)c1ccccc1. The lowest BCUT2D eigenvalue weighted by Crippen LogP contribution is -2.54. The molecule has 7 nitrogen and oxygen atoms in total. The van der Waals surface area contributed by atoms with Crippen LogP contribution in [-0.4, -0.2) is 43.8 Å². The first-order valence-electron chi connectivity index (χ1n) is 14.6. The van der Waals surface area contributed by atoms with Gasteiger partial charge in [-0.25, -0.2) is 8.42 Å². The van der Waals surface area contributed by atoms with E-state index < -0.39 is 28.5 Å². The van der Waals surface area contributed by atoms with Crippen LogP contribution in [0.1, 0.15) is 37.0 Å². The number of sulfonamides is 1. The number of rotatable bonds is 13. The van der Waals surface area contributed by atoms with E-state index in [1.165, 1.54) is 23.1 Å². The molecule has 230 valence electrons. The molecule has 44 heavy (non-hydrogen) atoms. The predicted molar refractivity (Wildman–Crippen MR) is 176 cm³/mol. The van der Waals surface area contributed by atoms with Gasteiger partial charge in [-0.15, -0.1) is 0 Å². The Hall–Kier alpha value is -4.14. The van der Waals surface area contributed by atoms with Crippen LogP contribution in [0.25, 0.3) is 0 Å². The average molecular weight is 632 g/mol. The fraction of sp³-hybridized carbons (Fsp3) is 0.257. The second-order valence-corrected chi connectivity index (χ2v) is 13.1. The van der Waals surface area contributed by atoms with Gasteiger partial charge < -0.3 is 10.2 Å². The van der Waals surface area contributed by atoms with Crippen molar-refractivity contribution in [2.75, 3.05) is 10.8 Å². The van der Waals surface area contributed by atoms with Gasteiger partial charge in [-0.2, -0.15) is 0 Å². The summed E-state index contributed by atoms with van der Waals surface area (Å²) >= 11 is 6.28. The molecule has 4 aromatic rings. The molecule has 0 heterocycles. The van der Waals surface area contributed by atoms with Gasteiger partial charge in [0.1, 0.15) is 12.6 Å². The smallest absolute Gasteiger partial charge is 0.264 e. The molecule has 0 saturated heterocycles. The van der Waals surface area contributed by atoms with Gasteiger partial charge in [-0.3, -0.25) is 13.9 Å². The van der Waals surface area contributed by atoms with Crippen LogP contribution in [0.15, 0.2) is 114 Å². The zero-order valence-electron chi connectivity index (χ0n) is 25.2. The lowest BCUT2D eigenvalue weighted by Gasteiger charge is -2.34. The van der Waals surface area contributed by atoms with Crippen LogP contribution in [0.3, 0.4) is 0 Å². The van der Waals surface area contributed by atoms with E-state index in [9.17, 15) is 18.0 Å². The highest BCUT2D eigenvalue weighted by atomic mass is 35.5. The summed E-state index contributed by atoms with van der Waals surface area (Å²) in [7, 11) is -4.18. The fourth-order valence-corrected chi connectivity index (χ4v) is 6.49. The highest BCUT2D eigenvalue weighted by molar-refractivity contribution is 7.92. The molecule has 2 atom stereocenters. The highest BCUT2D eigenvalue weighted by Gasteiger charge is 2.35. The largest absolute Gasteiger partial charge is 0.352 e. The Balaban J connectivity index is 1.80. The van der Waals surface area contributed by atoms with Crippen molar-refractivity contribution in [1.29, 1.82) is 0 Å². The maximum Gasteiger partial charge on any atom is 0.264 e. The summed E-state index contributed by atoms with van der Waals surface area (Å²) in [5, 5.41) is 3.38. The Kier molecular flexibility index (Phi) is 11.2. The van der Waals surface area contributed by atoms with E-state index in [2.05, 4.69) is 5.32 Å². The van der Waals surface area contributed by atoms with Gasteiger partial charge in [0.15, 0.2) is 0 Å². The number of carbonyl (C=O) groups excluding carboxylic acids is 2. The van der Waals surface area contributed by atoms with E-state index in [0.717, 1.165) is 21.0 Å². The topological polar surface area (TPSA) is 86.8 Å². The minimum Gasteiger partial charge on any atom is -0.352 e. The summed E-state index contributed by atoms with van der Waals surface area (Å²) in [6, 6.07) is 30.5. The molecule has 4 aromatic carbocycles. The van der Waals surface area contributed by atoms with Crippen molar-refractivity contribution in [3.63, 3.8) is 0 Å². The Morgan fingerprint density at radius 2 is 1.48 bits per heavy atom. The van der Waals surface area contributed by atoms with Gasteiger partial charge >= 0.3 is 0 Å². The third-order valence-corrected chi connectivity index (χ3v) is 9.44. The van der Waals surface area contributed by atoms with E-state index in [1.807, 2.05) is 75.4 Å². The average Bonchev–Trinajstić information content (AvgIpc) is 3.02. The van der Waals surface area contributed by atoms with Crippen LogP contribution in [0.2, 0.25) is 5.02 Å². The molecule has 0 aromatic heterocycles. The summed E-state index contributed by atoms with van der Waals surface area (Å²) in [5.41, 5.74) is 2.95. The molecular formula is C35H38ClN3O4S. The van der Waals surface area contributed by atoms with Crippen molar-refractivity contribution < 1.29 is 18.0 Å². The molecule has 0 aliphatic rings. The first-order chi connectivity index (χ1) is 21.1. The standard InChI is InChI=1S/C35H38ClN3O4S/c1-4-27(3)37-35(41)33(22-28-14-7-5-8-15-28)38(24-29-16-11-13-26(2)21-29)34(40)25-39(31-18-12-17-30(36)23-31)44(42,43)32-19-9-6-10-20-32/h5-21,23,27,33H,4,22,24-25H2,1-3H3,(H,37,41)/t27-,33-/m0/s1. The summed E-state index contributed by atoms with van der Waals surface area (Å²) < 4.78 is 29.1. The van der Waals surface area contributed by atoms with Gasteiger partial charge in [0.25, 0.3) is 10.0 Å². The van der Waals surface area contributed by atoms with Gasteiger partial charge in [-0.05, 0) is 61.7 Å². The van der Waals surface area contributed by atoms with Crippen LogP contribution in [0.4, 0.5) is 5.69 Å². The molecule has 0 radical (unpaired) electrons. The number of halogens is 1. The van der Waals surface area contributed by atoms with E-state index in [-0.39, 0.29) is 35.5 Å². The maximum absolute atomic E-state index is 14.5. The van der Waals surface area contributed by atoms with Crippen molar-refractivity contribution >= 4 is 39.1 Å². The van der Waals surface area contributed by atoms with Gasteiger partial charge in [0, 0.05) is 24.0 Å². The van der Waals surface area contributed by atoms with Crippen molar-refractivity contribution in [2.24, 2.45) is 0 Å². The third kappa shape index (κ3) is 8.49. The minimum atomic E-state index is -4.18. The van der Waals surface area contributed by atoms with E-state index in [4.69, 9.17) is 11.6 Å². The summed E-state index contributed by atoms with van der Waals surface area (Å²) in [5.74, 6) is -0.823. The van der Waals surface area contributed by atoms with Gasteiger partial charge in [0.05, 0.1) is 10.6 Å². The Bertz CT molecular complexity index is 1670. The second-order valence-electron chi connectivity index (χ2n) is 10.8. The number of benzene rings is 4. The molecule has 0 saturated carbocycles. The first kappa shape index (κ1) is 32.8. The highest BCUT2D eigenvalue weighted by Crippen LogP contribution is 2.27. The van der Waals surface area contributed by atoms with Crippen LogP contribution in [0, 0.1) is 6.92 Å². The first-order valence-corrected chi connectivity index (χ1v) is 16.4. The number of hydrogen-bond donors (Lipinski definition) is 1. The van der Waals surface area contributed by atoms with Crippen molar-refractivity contribution in [3.8, 4) is 0 Å². The van der Waals surface area contributed by atoms with Crippen LogP contribution < -0.4 is 9.62 Å². The van der Waals surface area contributed by atoms with Crippen LogP contribution in [0.5, 0.6) is 0 Å². The monoisotopic (exact) mass is 631 g/mol. The molecule has 0 fully saturated rings. The van der Waals surface area contributed by atoms with Crippen molar-refractivity contribution in [1.82, 2.24) is 10.2 Å². The molecular weight excluding hydrogens is 594 g/mol. The number of hydrogen-bond acceptors (Lipinski definition) is 4. The van der Waals surface area contributed by atoms with Crippen molar-refractivity contribution in [2.45, 2.75) is 57.1 Å². The lowest BCUT2D eigenvalue weighted by molar-refractivity contribution is -0.140. The molecule has 0 bridgehead atoms. The van der Waals surface area contributed by atoms with Crippen LogP contribution >= 0.6 is 11.6 Å². The number of nitrogens with zero attached hydrogens (tertiary/aromatic N) is 2. The predicted octanol–water partition coefficient (Wildman–Crippen LogP) is 6.40. The molecule has 2 amide bonds. The molecule has 9 heteroatoms. The number of anilines is 1. The zero-order chi connectivity index (χ0) is 31.7. The van der Waals surface area contributed by atoms with Crippen LogP contribution in [-0.2, 0) is 32.6 Å². The summed E-state index contributed by atoms with van der Waals surface area (Å²) in [6.07, 6.45) is 0.969. The molecule has 0 aliphatic carbocycles. The summed E-state index contributed by atoms with van der Waals surface area (Å²) in [4.78, 5) is 29.9. The molecule has 0 spiro atoms. The fourth-order valence-electron chi connectivity index (χ4n) is 4.88. The number of nitrogens with one attached hydrogen (secondary N) is 1. The van der Waals surface area contributed by atoms with E-state index in [1.54, 1.807) is 36.4 Å². The normalized spacial score (nSPS) is 12.6. The quantitative estimate of drug-likeness (QED) is 0.185. The molecule has 0 aliphatic heterocycles. The molecule has 4 rings (SSSR count). The Morgan fingerprint density at radius 3 is 2.11 bits per heavy atom. The molecule has 1 N–H and O–H groups in total. The Morgan fingerprint density at radius 1 is 0.841 bits per heavy atom. The number of amides is 2. The van der Waals surface area contributed by atoms with E-state index >= 15 is 0 Å². The van der Waals surface area contributed by atoms with Gasteiger partial charge in [-0.1, -0.05) is 103 Å². The third-order valence-electron chi connectivity index (χ3n) is 7.41. The Labute approximate surface area is 265 Å². The molecule has 0 unspecified atom stereocenters. The number of carbonyl (C=O) groups is 2. The maximum atomic E-state index is 14.5. The second kappa shape index (κ2) is 15.0. The number of aryl methyl sites for hydroxylation is 1. The van der Waals surface area contributed by atoms with Gasteiger partial charge in [0.2, 0.25) is 11.8 Å². The minimum absolute atomic E-state index is 0.0355. The zero-order valence-corrected chi connectivity index (χ0v) is 26.8. The van der Waals surface area contributed by atoms with E-state index in [0.29, 0.717) is 11.4 Å².